The molecule has 6 heteroatoms. The third-order valence-corrected chi connectivity index (χ3v) is 2.34. The Morgan fingerprint density at radius 2 is 1.65 bits per heavy atom. The maximum Gasteiger partial charge on any atom is -0.358 e. The summed E-state index contributed by atoms with van der Waals surface area (Å²) < 4.78 is 5.45. The van der Waals surface area contributed by atoms with Crippen LogP contribution in [0.4, 0.5) is 0 Å². The van der Waals surface area contributed by atoms with Crippen molar-refractivity contribution in [2.24, 2.45) is 0 Å². The van der Waals surface area contributed by atoms with Gasteiger partial charge in [0.15, 0.2) is 8.32 Å². The molecule has 0 aromatic carbocycles. The monoisotopic (exact) mass is 417 g/mol. The minimum atomic E-state index is -1.22. The van der Waals surface area contributed by atoms with E-state index < -0.39 is 8.32 Å². The van der Waals surface area contributed by atoms with E-state index in [0.29, 0.717) is 0 Å². The fraction of sp³-hybridized carbons (Fsp3) is 0.588. The molecule has 0 amide bonds. The smallest absolute Gasteiger partial charge is 0.358 e. The van der Waals surface area contributed by atoms with Gasteiger partial charge in [-0.2, -0.15) is 12.5 Å². The van der Waals surface area contributed by atoms with Crippen LogP contribution in [0.15, 0.2) is 18.2 Å². The quantitative estimate of drug-likeness (QED) is 0.382. The SMILES string of the molecule is CC(C)(C)[NH-].Cl.Cl.[C-]1=CC=CC1.[CH2-]CCO[Si](C)(C)C.[CH2]=[Ti].[CH3-]. The van der Waals surface area contributed by atoms with Crippen LogP contribution in [0.25, 0.3) is 5.73 Å². The molecule has 142 valence electrons. The molecule has 1 aliphatic rings. The van der Waals surface area contributed by atoms with Gasteiger partial charge in [-0.05, 0) is 19.6 Å². The molecule has 0 aromatic heterocycles. The van der Waals surface area contributed by atoms with Gasteiger partial charge in [0.2, 0.25) is 0 Å². The van der Waals surface area contributed by atoms with Crippen molar-refractivity contribution in [1.29, 1.82) is 0 Å². The molecule has 23 heavy (non-hydrogen) atoms. The fourth-order valence-electron chi connectivity index (χ4n) is 0.719. The first-order valence-corrected chi connectivity index (χ1v) is 11.3. The van der Waals surface area contributed by atoms with Gasteiger partial charge in [-0.1, -0.05) is 20.8 Å². The van der Waals surface area contributed by atoms with Gasteiger partial charge in [0.25, 0.3) is 0 Å². The van der Waals surface area contributed by atoms with Gasteiger partial charge in [-0.15, -0.1) is 36.8 Å². The normalized spacial score (nSPS) is 10.7. The molecular formula is C17H37Cl2NOSiTi-4. The zero-order valence-corrected chi connectivity index (χ0v) is 20.2. The topological polar surface area (TPSA) is 33.0 Å². The summed E-state index contributed by atoms with van der Waals surface area (Å²) in [5.74, 6) is 0. The predicted molar refractivity (Wildman–Crippen MR) is 113 cm³/mol. The van der Waals surface area contributed by atoms with Gasteiger partial charge in [0.1, 0.15) is 0 Å². The summed E-state index contributed by atoms with van der Waals surface area (Å²) in [6, 6.07) is 0. The third-order valence-electron chi connectivity index (χ3n) is 1.27. The van der Waals surface area contributed by atoms with Crippen LogP contribution < -0.4 is 0 Å². The van der Waals surface area contributed by atoms with Crippen LogP contribution in [0.1, 0.15) is 33.6 Å². The Balaban J connectivity index is -0.0000000431. The molecule has 0 saturated carbocycles. The number of halogens is 2. The summed E-state index contributed by atoms with van der Waals surface area (Å²) in [4.78, 5) is 3.25. The van der Waals surface area contributed by atoms with Crippen molar-refractivity contribution in [3.05, 3.63) is 44.4 Å². The number of nitrogens with one attached hydrogen (secondary N) is 1. The van der Waals surface area contributed by atoms with Crippen LogP contribution in [0.2, 0.25) is 19.6 Å². The van der Waals surface area contributed by atoms with Gasteiger partial charge in [-0.3, -0.25) is 6.08 Å². The summed E-state index contributed by atoms with van der Waals surface area (Å²) in [6.07, 6.45) is 10.9. The second-order valence-corrected chi connectivity index (χ2v) is 10.6. The molecule has 0 saturated heterocycles. The van der Waals surface area contributed by atoms with Crippen LogP contribution in [0.3, 0.4) is 0 Å². The summed E-state index contributed by atoms with van der Waals surface area (Å²) in [6.45, 7) is 16.6. The molecule has 0 fully saturated rings. The Labute approximate surface area is 171 Å². The van der Waals surface area contributed by atoms with Crippen molar-refractivity contribution in [3.63, 3.8) is 0 Å². The number of hydrogen-bond acceptors (Lipinski definition) is 1. The summed E-state index contributed by atoms with van der Waals surface area (Å²) in [5.41, 5.74) is 6.69. The van der Waals surface area contributed by atoms with Crippen LogP contribution in [0, 0.1) is 20.4 Å². The van der Waals surface area contributed by atoms with Crippen LogP contribution in [0.5, 0.6) is 0 Å². The van der Waals surface area contributed by atoms with Crippen LogP contribution in [-0.2, 0) is 24.4 Å². The maximum absolute atomic E-state index is 6.94. The van der Waals surface area contributed by atoms with Gasteiger partial charge in [0, 0.05) is 6.61 Å². The largest absolute Gasteiger partial charge is 0.358 e. The summed E-state index contributed by atoms with van der Waals surface area (Å²) >= 11 is 1.75. The Bertz CT molecular complexity index is 246. The van der Waals surface area contributed by atoms with E-state index in [9.17, 15) is 0 Å². The molecule has 2 nitrogen and oxygen atoms in total. The first kappa shape index (κ1) is 39.0. The zero-order chi connectivity index (χ0) is 16.7. The van der Waals surface area contributed by atoms with Gasteiger partial charge in [0.05, 0.1) is 0 Å². The van der Waals surface area contributed by atoms with E-state index in [1.54, 1.807) is 20.0 Å². The second-order valence-electron chi connectivity index (χ2n) is 6.07. The van der Waals surface area contributed by atoms with E-state index in [2.05, 4.69) is 43.5 Å². The van der Waals surface area contributed by atoms with Crippen molar-refractivity contribution in [3.8, 4) is 0 Å². The number of hydrogen-bond donors (Lipinski definition) is 0. The summed E-state index contributed by atoms with van der Waals surface area (Å²) in [5, 5.41) is 0. The van der Waals surface area contributed by atoms with E-state index >= 15 is 0 Å². The average molecular weight is 418 g/mol. The van der Waals surface area contributed by atoms with Gasteiger partial charge < -0.3 is 24.5 Å². The molecule has 0 unspecified atom stereocenters. The van der Waals surface area contributed by atoms with Crippen molar-refractivity contribution in [2.45, 2.75) is 58.8 Å². The van der Waals surface area contributed by atoms with E-state index in [0.717, 1.165) is 19.4 Å². The Morgan fingerprint density at radius 3 is 1.74 bits per heavy atom. The number of rotatable bonds is 3. The van der Waals surface area contributed by atoms with Gasteiger partial charge in [-0.25, -0.2) is 12.2 Å². The van der Waals surface area contributed by atoms with E-state index in [-0.39, 0.29) is 37.8 Å². The molecule has 1 N–H and O–H groups in total. The Morgan fingerprint density at radius 1 is 1.26 bits per heavy atom. The summed E-state index contributed by atoms with van der Waals surface area (Å²) in [7, 11) is -1.22. The van der Waals surface area contributed by atoms with Crippen molar-refractivity contribution < 1.29 is 24.4 Å². The standard InChI is InChI=1S/C6H15OSi.C5H5.C4H10N.CH3.CH2.2ClH.Ti/c1-5-6-7-8(2,3)4;1-2-4-5-3-1;1-4(2,3)5;;;;;/h1,5-6H2,2-4H3;1-3H,4H2;5H,1-3H3;1H3;1H2;2*1H;/q4*-1;;;;. The van der Waals surface area contributed by atoms with Crippen molar-refractivity contribution >= 4 is 37.9 Å². The van der Waals surface area contributed by atoms with Crippen molar-refractivity contribution in [2.75, 3.05) is 6.61 Å². The van der Waals surface area contributed by atoms with E-state index in [1.807, 2.05) is 32.9 Å². The molecule has 1 rings (SSSR count). The first-order valence-electron chi connectivity index (χ1n) is 6.81. The van der Waals surface area contributed by atoms with E-state index in [1.165, 1.54) is 0 Å². The molecule has 0 atom stereocenters. The first-order chi connectivity index (χ1) is 9.06. The molecule has 0 spiro atoms. The molecular weight excluding hydrogens is 381 g/mol. The zero-order valence-electron chi connectivity index (χ0n) is 16.0. The molecule has 0 radical (unpaired) electrons. The third kappa shape index (κ3) is 84.6. The molecule has 0 bridgehead atoms. The average Bonchev–Trinajstić information content (AvgIpc) is 2.84. The molecule has 0 aromatic rings. The van der Waals surface area contributed by atoms with Crippen LogP contribution in [-0.4, -0.2) is 25.3 Å². The second kappa shape index (κ2) is 25.0. The molecule has 0 heterocycles. The maximum atomic E-state index is 6.94. The molecule has 1 aliphatic carbocycles. The Hall–Kier alpha value is 0.781. The van der Waals surface area contributed by atoms with Crippen LogP contribution >= 0.6 is 24.8 Å². The minimum Gasteiger partial charge on any atom is -0.358 e. The number of allylic oxidation sites excluding steroid dienone is 4. The minimum absolute atomic E-state index is 0. The van der Waals surface area contributed by atoms with Gasteiger partial charge >= 0.3 is 24.8 Å². The fourth-order valence-corrected chi connectivity index (χ4v) is 1.48. The predicted octanol–water partition coefficient (Wildman–Crippen LogP) is 6.46. The van der Waals surface area contributed by atoms with Crippen molar-refractivity contribution in [1.82, 2.24) is 0 Å². The van der Waals surface area contributed by atoms with E-state index in [4.69, 9.17) is 10.2 Å². The molecule has 0 aliphatic heterocycles. The Kier molecular flexibility index (Phi) is 42.5.